The van der Waals surface area contributed by atoms with Crippen LogP contribution in [-0.2, 0) is 4.79 Å². The van der Waals surface area contributed by atoms with E-state index in [2.05, 4.69) is 48.5 Å². The number of carbonyl (C=O) groups excluding carboxylic acids is 1. The fourth-order valence-corrected chi connectivity index (χ4v) is 5.06. The van der Waals surface area contributed by atoms with Crippen molar-refractivity contribution in [2.75, 3.05) is 13.1 Å². The minimum atomic E-state index is -0.500. The van der Waals surface area contributed by atoms with Crippen LogP contribution in [0.2, 0.25) is 0 Å². The van der Waals surface area contributed by atoms with Gasteiger partial charge in [-0.15, -0.1) is 0 Å². The molecule has 1 aliphatic heterocycles. The van der Waals surface area contributed by atoms with E-state index in [9.17, 15) is 0 Å². The zero-order valence-electron chi connectivity index (χ0n) is 21.2. The molecule has 0 N–H and O–H groups in total. The van der Waals surface area contributed by atoms with Crippen molar-refractivity contribution < 1.29 is 14.4 Å². The molecule has 0 fully saturated rings. The Labute approximate surface area is 187 Å². The second-order valence-electron chi connectivity index (χ2n) is 9.20. The lowest BCUT2D eigenvalue weighted by Gasteiger charge is -2.44. The first-order valence-electron chi connectivity index (χ1n) is 12.6. The van der Waals surface area contributed by atoms with Gasteiger partial charge in [0.25, 0.3) is 0 Å². The lowest BCUT2D eigenvalue weighted by atomic mass is 9.77. The third kappa shape index (κ3) is 7.83. The summed E-state index contributed by atoms with van der Waals surface area (Å²) in [4.78, 5) is 13.6. The summed E-state index contributed by atoms with van der Waals surface area (Å²) in [5.74, 6) is 1.53. The van der Waals surface area contributed by atoms with E-state index in [1.807, 2.05) is 0 Å². The Balaban J connectivity index is 0.00000263. The molecule has 1 aliphatic rings. The summed E-state index contributed by atoms with van der Waals surface area (Å²) in [6.45, 7) is 18.5. The van der Waals surface area contributed by atoms with Gasteiger partial charge in [-0.25, -0.2) is 4.48 Å². The quantitative estimate of drug-likeness (QED) is 0.220. The van der Waals surface area contributed by atoms with Crippen LogP contribution in [0.15, 0.2) is 16.4 Å². The predicted octanol–water partition coefficient (Wildman–Crippen LogP) is 6.60. The number of rotatable bonds is 15. The van der Waals surface area contributed by atoms with Gasteiger partial charge in [-0.2, -0.15) is 4.99 Å². The zero-order valence-corrected chi connectivity index (χ0v) is 21.2. The third-order valence-electron chi connectivity index (χ3n) is 6.59. The van der Waals surface area contributed by atoms with Crippen LogP contribution < -0.4 is 5.11 Å². The molecule has 30 heavy (non-hydrogen) atoms. The Hall–Kier alpha value is -1.16. The normalized spacial score (nSPS) is 17.2. The molecule has 176 valence electrons. The van der Waals surface area contributed by atoms with E-state index in [0.717, 1.165) is 4.48 Å². The van der Waals surface area contributed by atoms with E-state index in [0.29, 0.717) is 0 Å². The summed E-state index contributed by atoms with van der Waals surface area (Å²) in [5, 5.41) is 8.25. The first kappa shape index (κ1) is 28.8. The fourth-order valence-electron chi connectivity index (χ4n) is 5.06. The molecule has 0 aromatic rings. The van der Waals surface area contributed by atoms with Gasteiger partial charge >= 0.3 is 0 Å². The number of hydrogen-bond acceptors (Lipinski definition) is 3. The van der Waals surface area contributed by atoms with Gasteiger partial charge in [-0.1, -0.05) is 73.1 Å². The molecule has 0 radical (unpaired) electrons. The highest BCUT2D eigenvalue weighted by Gasteiger charge is 2.50. The SMILES string of the molecule is CCCCC1=C(C)N=C(C(C)(CCC)CCCC)[N+]1(CCCC)CCCC.O=C[O-]. The number of quaternary nitrogens is 1. The lowest BCUT2D eigenvalue weighted by molar-refractivity contribution is -0.807. The molecule has 4 nitrogen and oxygen atoms in total. The summed E-state index contributed by atoms with van der Waals surface area (Å²) in [6, 6.07) is 0. The average molecular weight is 423 g/mol. The molecule has 0 spiro atoms. The van der Waals surface area contributed by atoms with Gasteiger partial charge in [0.05, 0.1) is 24.2 Å². The van der Waals surface area contributed by atoms with Gasteiger partial charge in [-0.3, -0.25) is 0 Å². The van der Waals surface area contributed by atoms with Gasteiger partial charge in [0, 0.05) is 12.9 Å². The zero-order chi connectivity index (χ0) is 23.0. The topological polar surface area (TPSA) is 52.5 Å². The minimum Gasteiger partial charge on any atom is -0.554 e. The van der Waals surface area contributed by atoms with Crippen molar-refractivity contribution in [2.45, 2.75) is 126 Å². The van der Waals surface area contributed by atoms with E-state index in [-0.39, 0.29) is 5.41 Å². The molecule has 1 atom stereocenters. The number of hydrogen-bond donors (Lipinski definition) is 0. The highest BCUT2D eigenvalue weighted by Crippen LogP contribution is 2.44. The third-order valence-corrected chi connectivity index (χ3v) is 6.59. The van der Waals surface area contributed by atoms with Crippen LogP contribution in [0.4, 0.5) is 0 Å². The highest BCUT2D eigenvalue weighted by molar-refractivity contribution is 5.85. The van der Waals surface area contributed by atoms with Crippen molar-refractivity contribution in [3.05, 3.63) is 11.4 Å². The largest absolute Gasteiger partial charge is 0.554 e. The van der Waals surface area contributed by atoms with E-state index in [4.69, 9.17) is 14.9 Å². The van der Waals surface area contributed by atoms with E-state index < -0.39 is 6.47 Å². The molecule has 1 unspecified atom stereocenters. The molecule has 1 heterocycles. The first-order valence-corrected chi connectivity index (χ1v) is 12.6. The molecule has 0 saturated carbocycles. The second kappa shape index (κ2) is 15.6. The summed E-state index contributed by atoms with van der Waals surface area (Å²) < 4.78 is 1.12. The second-order valence-corrected chi connectivity index (χ2v) is 9.20. The summed E-state index contributed by atoms with van der Waals surface area (Å²) >= 11 is 0. The molecule has 0 aliphatic carbocycles. The maximum Gasteiger partial charge on any atom is 0.214 e. The van der Waals surface area contributed by atoms with E-state index in [1.54, 1.807) is 5.70 Å². The Morgan fingerprint density at radius 2 is 1.37 bits per heavy atom. The predicted molar refractivity (Wildman–Crippen MR) is 128 cm³/mol. The van der Waals surface area contributed by atoms with Gasteiger partial charge in [0.1, 0.15) is 5.70 Å². The van der Waals surface area contributed by atoms with Gasteiger partial charge in [0.2, 0.25) is 5.84 Å². The molecule has 4 heteroatoms. The maximum atomic E-state index is 8.25. The Bertz CT molecular complexity index is 531. The average Bonchev–Trinajstić information content (AvgIpc) is 3.00. The van der Waals surface area contributed by atoms with Crippen molar-refractivity contribution in [3.63, 3.8) is 0 Å². The van der Waals surface area contributed by atoms with Crippen molar-refractivity contribution in [2.24, 2.45) is 10.4 Å². The van der Waals surface area contributed by atoms with Crippen molar-refractivity contribution in [1.29, 1.82) is 0 Å². The van der Waals surface area contributed by atoms with Gasteiger partial charge in [-0.05, 0) is 46.0 Å². The number of nitrogens with zero attached hydrogens (tertiary/aromatic N) is 2. The summed E-state index contributed by atoms with van der Waals surface area (Å²) in [7, 11) is 0. The molecule has 0 aromatic carbocycles. The van der Waals surface area contributed by atoms with Crippen molar-refractivity contribution >= 4 is 12.3 Å². The van der Waals surface area contributed by atoms with Crippen LogP contribution in [0.5, 0.6) is 0 Å². The molecule has 0 aromatic heterocycles. The molecular weight excluding hydrogens is 372 g/mol. The minimum absolute atomic E-state index is 0.251. The fraction of sp³-hybridized carbons (Fsp3) is 0.846. The molecule has 0 saturated heterocycles. The Kier molecular flexibility index (Phi) is 15.0. The van der Waals surface area contributed by atoms with Crippen LogP contribution in [-0.4, -0.2) is 29.9 Å². The monoisotopic (exact) mass is 422 g/mol. The number of amidine groups is 1. The molecular formula is C26H50N2O2. The van der Waals surface area contributed by atoms with Crippen LogP contribution in [0.3, 0.4) is 0 Å². The number of aliphatic imine (C=N–C) groups is 1. The smallest absolute Gasteiger partial charge is 0.214 e. The van der Waals surface area contributed by atoms with Crippen LogP contribution in [0.25, 0.3) is 0 Å². The summed E-state index contributed by atoms with van der Waals surface area (Å²) in [5.41, 5.74) is 3.26. The number of carbonyl (C=O) groups is 1. The molecule has 0 bridgehead atoms. The number of carboxylic acid groups (broad SMARTS) is 1. The number of unbranched alkanes of at least 4 members (excludes halogenated alkanes) is 4. The summed E-state index contributed by atoms with van der Waals surface area (Å²) in [6.07, 6.45) is 15.4. The molecule has 1 rings (SSSR count). The van der Waals surface area contributed by atoms with E-state index in [1.165, 1.54) is 102 Å². The van der Waals surface area contributed by atoms with Crippen LogP contribution >= 0.6 is 0 Å². The van der Waals surface area contributed by atoms with Crippen LogP contribution in [0.1, 0.15) is 126 Å². The van der Waals surface area contributed by atoms with Crippen molar-refractivity contribution in [3.8, 4) is 0 Å². The Morgan fingerprint density at radius 1 is 0.867 bits per heavy atom. The lowest BCUT2D eigenvalue weighted by Crippen LogP contribution is -2.56. The maximum absolute atomic E-state index is 8.25. The molecule has 0 amide bonds. The van der Waals surface area contributed by atoms with Gasteiger partial charge < -0.3 is 9.90 Å². The highest BCUT2D eigenvalue weighted by atomic mass is 16.3. The van der Waals surface area contributed by atoms with Crippen molar-refractivity contribution in [1.82, 2.24) is 0 Å². The first-order chi connectivity index (χ1) is 14.4. The van der Waals surface area contributed by atoms with Gasteiger partial charge in [0.15, 0.2) is 0 Å². The van der Waals surface area contributed by atoms with Crippen LogP contribution in [0, 0.1) is 5.41 Å². The number of allylic oxidation sites excluding steroid dienone is 2. The van der Waals surface area contributed by atoms with E-state index >= 15 is 0 Å². The Morgan fingerprint density at radius 3 is 1.80 bits per heavy atom. The standard InChI is InChI=1S/C25H49N2.CH2O2/c1-8-13-17-23-22(6)26-24(25(7,18-12-5)19-14-9-2)27(23,20-15-10-3)21-16-11-4;2-1-3/h8-21H2,1-7H3;1H,(H,2,3)/q+1;/p-1.